The first-order chi connectivity index (χ1) is 9.74. The molecule has 0 aliphatic heterocycles. The summed E-state index contributed by atoms with van der Waals surface area (Å²) in [6.45, 7) is 9.63. The van der Waals surface area contributed by atoms with E-state index in [9.17, 15) is 5.11 Å². The average molecular weight is 361 g/mol. The van der Waals surface area contributed by atoms with Gasteiger partial charge in [0, 0.05) is 6.54 Å². The van der Waals surface area contributed by atoms with E-state index in [-0.39, 0.29) is 0 Å². The van der Waals surface area contributed by atoms with Gasteiger partial charge in [-0.15, -0.1) is 0 Å². The van der Waals surface area contributed by atoms with Crippen molar-refractivity contribution in [3.63, 3.8) is 0 Å². The number of halogens is 1. The minimum absolute atomic E-state index is 0.618. The summed E-state index contributed by atoms with van der Waals surface area (Å²) in [6, 6.07) is 0. The van der Waals surface area contributed by atoms with Gasteiger partial charge in [-0.2, -0.15) is 5.10 Å². The maximum atomic E-state index is 10.8. The Balaban J connectivity index is 2.70. The Morgan fingerprint density at radius 2 is 2.14 bits per heavy atom. The van der Waals surface area contributed by atoms with Gasteiger partial charge in [-0.1, -0.05) is 13.8 Å². The molecule has 1 atom stereocenters. The molecule has 0 amide bonds. The molecule has 0 aliphatic carbocycles. The molecule has 0 spiro atoms. The summed E-state index contributed by atoms with van der Waals surface area (Å²) in [6.07, 6.45) is 2.42. The van der Waals surface area contributed by atoms with Crippen LogP contribution in [0.2, 0.25) is 0 Å². The molecule has 0 saturated heterocycles. The van der Waals surface area contributed by atoms with Crippen LogP contribution in [-0.2, 0) is 12.1 Å². The normalized spacial score (nSPS) is 14.9. The van der Waals surface area contributed by atoms with E-state index < -0.39 is 5.60 Å². The molecule has 122 valence electrons. The number of nitrogens with one attached hydrogen (secondary N) is 1. The number of aliphatic hydroxyl groups is 1. The summed E-state index contributed by atoms with van der Waals surface area (Å²) in [4.78, 5) is 2.11. The van der Waals surface area contributed by atoms with E-state index in [2.05, 4.69) is 45.1 Å². The van der Waals surface area contributed by atoms with Crippen LogP contribution >= 0.6 is 15.9 Å². The Bertz CT molecular complexity index is 429. The van der Waals surface area contributed by atoms with Gasteiger partial charge in [0.05, 0.1) is 22.9 Å². The van der Waals surface area contributed by atoms with Crippen molar-refractivity contribution >= 4 is 15.9 Å². The van der Waals surface area contributed by atoms with Crippen LogP contribution in [0.1, 0.15) is 32.9 Å². The third kappa shape index (κ3) is 6.06. The molecule has 1 heterocycles. The van der Waals surface area contributed by atoms with E-state index in [0.717, 1.165) is 36.3 Å². The number of aromatic nitrogens is 2. The maximum absolute atomic E-state index is 10.8. The van der Waals surface area contributed by atoms with Gasteiger partial charge in [-0.3, -0.25) is 4.68 Å². The Morgan fingerprint density at radius 1 is 1.48 bits per heavy atom. The van der Waals surface area contributed by atoms with E-state index in [1.165, 1.54) is 0 Å². The Hall–Kier alpha value is -0.430. The van der Waals surface area contributed by atoms with E-state index in [1.54, 1.807) is 6.20 Å². The molecule has 0 saturated carbocycles. The van der Waals surface area contributed by atoms with Crippen molar-refractivity contribution in [3.05, 3.63) is 16.4 Å². The number of nitrogens with zero attached hydrogens (tertiary/aromatic N) is 3. The van der Waals surface area contributed by atoms with Crippen LogP contribution in [0, 0.1) is 5.92 Å². The van der Waals surface area contributed by atoms with Crippen molar-refractivity contribution in [2.45, 2.75) is 39.3 Å². The van der Waals surface area contributed by atoms with Gasteiger partial charge in [0.2, 0.25) is 0 Å². The zero-order valence-corrected chi connectivity index (χ0v) is 15.4. The molecule has 0 aliphatic rings. The summed E-state index contributed by atoms with van der Waals surface area (Å²) in [5.41, 5.74) is -0.0401. The van der Waals surface area contributed by atoms with E-state index in [1.807, 2.05) is 25.7 Å². The molecule has 2 N–H and O–H groups in total. The van der Waals surface area contributed by atoms with Crippen LogP contribution in [0.15, 0.2) is 10.7 Å². The summed E-state index contributed by atoms with van der Waals surface area (Å²) in [5, 5.41) is 18.6. The van der Waals surface area contributed by atoms with Crippen molar-refractivity contribution in [2.75, 3.05) is 33.7 Å². The highest BCUT2D eigenvalue weighted by molar-refractivity contribution is 9.10. The fraction of sp³-hybridized carbons (Fsp3) is 0.800. The van der Waals surface area contributed by atoms with Gasteiger partial charge in [0.1, 0.15) is 5.60 Å². The lowest BCUT2D eigenvalue weighted by atomic mass is 9.98. The fourth-order valence-corrected chi connectivity index (χ4v) is 2.93. The zero-order chi connectivity index (χ0) is 16.0. The first-order valence-electron chi connectivity index (χ1n) is 7.53. The molecule has 0 fully saturated rings. The summed E-state index contributed by atoms with van der Waals surface area (Å²) >= 11 is 3.51. The molecular weight excluding hydrogens is 332 g/mol. The first-order valence-corrected chi connectivity index (χ1v) is 8.33. The average Bonchev–Trinajstić information content (AvgIpc) is 2.74. The Kier molecular flexibility index (Phi) is 7.33. The van der Waals surface area contributed by atoms with Crippen LogP contribution in [0.3, 0.4) is 0 Å². The molecule has 0 aromatic carbocycles. The fourth-order valence-electron chi connectivity index (χ4n) is 2.20. The minimum atomic E-state index is -0.897. The lowest BCUT2D eigenvalue weighted by molar-refractivity contribution is 0.0373. The van der Waals surface area contributed by atoms with Gasteiger partial charge in [0.15, 0.2) is 0 Å². The topological polar surface area (TPSA) is 53.3 Å². The highest BCUT2D eigenvalue weighted by Crippen LogP contribution is 2.30. The van der Waals surface area contributed by atoms with E-state index in [4.69, 9.17) is 0 Å². The highest BCUT2D eigenvalue weighted by atomic mass is 79.9. The quantitative estimate of drug-likeness (QED) is 0.661. The van der Waals surface area contributed by atoms with Crippen molar-refractivity contribution in [1.82, 2.24) is 20.0 Å². The minimum Gasteiger partial charge on any atom is -0.384 e. The molecular formula is C15H29BrN4O. The molecule has 0 radical (unpaired) electrons. The third-order valence-corrected chi connectivity index (χ3v) is 3.99. The summed E-state index contributed by atoms with van der Waals surface area (Å²) in [5.74, 6) is 0.618. The molecule has 1 unspecified atom stereocenters. The number of likely N-dealkylation sites (N-methyl/N-ethyl adjacent to an activating group) is 1. The maximum Gasteiger partial charge on any atom is 0.106 e. The van der Waals surface area contributed by atoms with Crippen molar-refractivity contribution in [2.24, 2.45) is 5.92 Å². The van der Waals surface area contributed by atoms with Crippen LogP contribution < -0.4 is 5.32 Å². The zero-order valence-electron chi connectivity index (χ0n) is 13.9. The lowest BCUT2D eigenvalue weighted by Crippen LogP contribution is -2.33. The number of rotatable bonds is 9. The van der Waals surface area contributed by atoms with Crippen LogP contribution in [-0.4, -0.2) is 53.5 Å². The SMILES string of the molecule is CC(C)CNCCC(C)(O)c1c(Br)cnn1CCN(C)C. The van der Waals surface area contributed by atoms with Crippen molar-refractivity contribution < 1.29 is 5.11 Å². The second kappa shape index (κ2) is 8.27. The van der Waals surface area contributed by atoms with Crippen molar-refractivity contribution in [3.8, 4) is 0 Å². The van der Waals surface area contributed by atoms with Gasteiger partial charge in [-0.05, 0) is 62.4 Å². The van der Waals surface area contributed by atoms with E-state index >= 15 is 0 Å². The predicted octanol–water partition coefficient (Wildman–Crippen LogP) is 2.05. The van der Waals surface area contributed by atoms with Gasteiger partial charge in [-0.25, -0.2) is 0 Å². The monoisotopic (exact) mass is 360 g/mol. The van der Waals surface area contributed by atoms with Gasteiger partial charge in [0.25, 0.3) is 0 Å². The molecule has 1 rings (SSSR count). The standard InChI is InChI=1S/C15H29BrN4O/c1-12(2)10-17-7-6-15(3,21)14-13(16)11-18-20(14)9-8-19(4)5/h11-12,17,21H,6-10H2,1-5H3. The Labute approximate surface area is 136 Å². The smallest absolute Gasteiger partial charge is 0.106 e. The highest BCUT2D eigenvalue weighted by Gasteiger charge is 2.29. The van der Waals surface area contributed by atoms with E-state index in [0.29, 0.717) is 12.3 Å². The second-order valence-electron chi connectivity index (χ2n) is 6.49. The molecule has 6 heteroatoms. The summed E-state index contributed by atoms with van der Waals surface area (Å²) < 4.78 is 2.77. The number of hydrogen-bond acceptors (Lipinski definition) is 4. The van der Waals surface area contributed by atoms with Crippen LogP contribution in [0.25, 0.3) is 0 Å². The lowest BCUT2D eigenvalue weighted by Gasteiger charge is -2.26. The molecule has 5 nitrogen and oxygen atoms in total. The molecule has 0 bridgehead atoms. The Morgan fingerprint density at radius 3 is 2.71 bits per heavy atom. The van der Waals surface area contributed by atoms with Crippen LogP contribution in [0.5, 0.6) is 0 Å². The third-order valence-electron chi connectivity index (χ3n) is 3.41. The molecule has 1 aromatic rings. The van der Waals surface area contributed by atoms with Crippen LogP contribution in [0.4, 0.5) is 0 Å². The summed E-state index contributed by atoms with van der Waals surface area (Å²) in [7, 11) is 4.07. The number of hydrogen-bond donors (Lipinski definition) is 2. The predicted molar refractivity (Wildman–Crippen MR) is 90.4 cm³/mol. The second-order valence-corrected chi connectivity index (χ2v) is 7.34. The van der Waals surface area contributed by atoms with Gasteiger partial charge < -0.3 is 15.3 Å². The van der Waals surface area contributed by atoms with Crippen molar-refractivity contribution in [1.29, 1.82) is 0 Å². The first kappa shape index (κ1) is 18.6. The molecule has 1 aromatic heterocycles. The molecule has 21 heavy (non-hydrogen) atoms. The largest absolute Gasteiger partial charge is 0.384 e. The van der Waals surface area contributed by atoms with Gasteiger partial charge >= 0.3 is 0 Å².